The summed E-state index contributed by atoms with van der Waals surface area (Å²) in [5, 5.41) is 0.689. The fraction of sp³-hybridized carbons (Fsp3) is 0.625. The first-order chi connectivity index (χ1) is 15.7. The van der Waals surface area contributed by atoms with Crippen molar-refractivity contribution in [2.45, 2.75) is 52.2 Å². The third kappa shape index (κ3) is 6.38. The summed E-state index contributed by atoms with van der Waals surface area (Å²) >= 11 is 6.06. The zero-order chi connectivity index (χ0) is 23.6. The van der Waals surface area contributed by atoms with Crippen LogP contribution in [-0.2, 0) is 16.1 Å². The Labute approximate surface area is 200 Å². The number of nitrogens with zero attached hydrogens (tertiary/aromatic N) is 5. The molecule has 0 aliphatic carbocycles. The van der Waals surface area contributed by atoms with Gasteiger partial charge in [0, 0.05) is 64.6 Å². The lowest BCUT2D eigenvalue weighted by Crippen LogP contribution is -2.49. The maximum Gasteiger partial charge on any atom is 0.410 e. The number of likely N-dealkylation sites (tertiary alicyclic amines) is 1. The van der Waals surface area contributed by atoms with Crippen LogP contribution in [0, 0.1) is 5.92 Å². The SMILES string of the molecule is CC(C)(C)OC(=O)N1CCC(CC(=O)N2CCN(Cc3cn4cc(Cl)ccc4n3)CC2)CC1. The Hall–Kier alpha value is -2.32. The lowest BCUT2D eigenvalue weighted by Gasteiger charge is -2.36. The zero-order valence-corrected chi connectivity index (χ0v) is 20.6. The third-order valence-electron chi connectivity index (χ3n) is 6.30. The Morgan fingerprint density at radius 3 is 2.39 bits per heavy atom. The summed E-state index contributed by atoms with van der Waals surface area (Å²) in [6, 6.07) is 3.76. The summed E-state index contributed by atoms with van der Waals surface area (Å²) in [5.74, 6) is 0.562. The molecule has 2 saturated heterocycles. The molecule has 8 nitrogen and oxygen atoms in total. The normalized spacial score (nSPS) is 18.7. The molecule has 2 fully saturated rings. The van der Waals surface area contributed by atoms with Crippen LogP contribution in [0.4, 0.5) is 4.79 Å². The van der Waals surface area contributed by atoms with Crippen molar-refractivity contribution in [3.63, 3.8) is 0 Å². The topological polar surface area (TPSA) is 70.4 Å². The standard InChI is InChI=1S/C24H34ClN5O3/c1-24(2,3)33-23(32)29-8-6-18(7-9-29)14-22(31)28-12-10-27(11-13-28)16-20-17-30-15-19(25)4-5-21(30)26-20/h4-5,15,17-18H,6-14,16H2,1-3H3. The lowest BCUT2D eigenvalue weighted by atomic mass is 9.93. The van der Waals surface area contributed by atoms with E-state index in [-0.39, 0.29) is 12.0 Å². The van der Waals surface area contributed by atoms with Gasteiger partial charge in [-0.25, -0.2) is 9.78 Å². The minimum absolute atomic E-state index is 0.229. The highest BCUT2D eigenvalue weighted by Crippen LogP contribution is 2.23. The first-order valence-corrected chi connectivity index (χ1v) is 12.2. The van der Waals surface area contributed by atoms with Crippen LogP contribution >= 0.6 is 11.6 Å². The Bertz CT molecular complexity index is 986. The Morgan fingerprint density at radius 1 is 1.03 bits per heavy atom. The number of carbonyl (C=O) groups is 2. The largest absolute Gasteiger partial charge is 0.444 e. The molecular weight excluding hydrogens is 442 g/mol. The summed E-state index contributed by atoms with van der Waals surface area (Å²) in [6.07, 6.45) is 5.89. The molecule has 2 aromatic heterocycles. The molecule has 4 heterocycles. The molecule has 0 spiro atoms. The predicted octanol–water partition coefficient (Wildman–Crippen LogP) is 3.67. The van der Waals surface area contributed by atoms with Gasteiger partial charge in [-0.1, -0.05) is 11.6 Å². The van der Waals surface area contributed by atoms with Gasteiger partial charge in [0.15, 0.2) is 0 Å². The minimum Gasteiger partial charge on any atom is -0.444 e. The average Bonchev–Trinajstić information content (AvgIpc) is 3.14. The van der Waals surface area contributed by atoms with Crippen molar-refractivity contribution in [1.82, 2.24) is 24.1 Å². The fourth-order valence-corrected chi connectivity index (χ4v) is 4.67. The molecule has 0 radical (unpaired) electrons. The lowest BCUT2D eigenvalue weighted by molar-refractivity contribution is -0.134. The van der Waals surface area contributed by atoms with Crippen LogP contribution in [0.25, 0.3) is 5.65 Å². The van der Waals surface area contributed by atoms with Gasteiger partial charge < -0.3 is 18.9 Å². The number of fused-ring (bicyclic) bond motifs is 1. The van der Waals surface area contributed by atoms with Crippen LogP contribution in [0.3, 0.4) is 0 Å². The Balaban J connectivity index is 1.19. The number of amides is 2. The van der Waals surface area contributed by atoms with Gasteiger partial charge in [-0.2, -0.15) is 0 Å². The number of pyridine rings is 1. The highest BCUT2D eigenvalue weighted by molar-refractivity contribution is 6.30. The van der Waals surface area contributed by atoms with Crippen LogP contribution in [0.5, 0.6) is 0 Å². The second-order valence-electron chi connectivity index (χ2n) is 10.1. The summed E-state index contributed by atoms with van der Waals surface area (Å²) < 4.78 is 7.41. The Kier molecular flexibility index (Phi) is 7.14. The van der Waals surface area contributed by atoms with Gasteiger partial charge in [0.25, 0.3) is 0 Å². The monoisotopic (exact) mass is 475 g/mol. The van der Waals surface area contributed by atoms with Crippen molar-refractivity contribution in [1.29, 1.82) is 0 Å². The Morgan fingerprint density at radius 2 is 1.73 bits per heavy atom. The molecule has 9 heteroatoms. The number of hydrogen-bond acceptors (Lipinski definition) is 5. The van der Waals surface area contributed by atoms with Gasteiger partial charge >= 0.3 is 6.09 Å². The van der Waals surface area contributed by atoms with Gasteiger partial charge in [-0.05, 0) is 51.7 Å². The van der Waals surface area contributed by atoms with E-state index in [2.05, 4.69) is 9.88 Å². The van der Waals surface area contributed by atoms with E-state index >= 15 is 0 Å². The number of piperazine rings is 1. The highest BCUT2D eigenvalue weighted by atomic mass is 35.5. The van der Waals surface area contributed by atoms with Crippen LogP contribution in [-0.4, -0.2) is 81.0 Å². The molecule has 2 aliphatic heterocycles. The summed E-state index contributed by atoms with van der Waals surface area (Å²) in [7, 11) is 0. The van der Waals surface area contributed by atoms with Crippen molar-refractivity contribution < 1.29 is 14.3 Å². The molecule has 2 amide bonds. The molecule has 0 bridgehead atoms. The average molecular weight is 476 g/mol. The number of aromatic nitrogens is 2. The molecule has 0 N–H and O–H groups in total. The van der Waals surface area contributed by atoms with Crippen molar-refractivity contribution in [2.24, 2.45) is 5.92 Å². The molecular formula is C24H34ClN5O3. The number of halogens is 1. The predicted molar refractivity (Wildman–Crippen MR) is 127 cm³/mol. The summed E-state index contributed by atoms with van der Waals surface area (Å²) in [5.41, 5.74) is 1.42. The van der Waals surface area contributed by atoms with E-state index in [9.17, 15) is 9.59 Å². The van der Waals surface area contributed by atoms with E-state index in [1.165, 1.54) is 0 Å². The van der Waals surface area contributed by atoms with Crippen LogP contribution < -0.4 is 0 Å². The number of piperidine rings is 1. The maximum absolute atomic E-state index is 12.9. The second-order valence-corrected chi connectivity index (χ2v) is 10.6. The number of rotatable bonds is 4. The van der Waals surface area contributed by atoms with Crippen molar-refractivity contribution in [3.05, 3.63) is 35.2 Å². The van der Waals surface area contributed by atoms with Crippen molar-refractivity contribution >= 4 is 29.2 Å². The quantitative estimate of drug-likeness (QED) is 0.674. The molecule has 0 saturated carbocycles. The van der Waals surface area contributed by atoms with Crippen LogP contribution in [0.2, 0.25) is 5.02 Å². The molecule has 4 rings (SSSR count). The molecule has 2 aliphatic rings. The van der Waals surface area contributed by atoms with E-state index in [1.807, 2.05) is 54.6 Å². The van der Waals surface area contributed by atoms with Crippen molar-refractivity contribution in [2.75, 3.05) is 39.3 Å². The first kappa shape index (κ1) is 23.8. The highest BCUT2D eigenvalue weighted by Gasteiger charge is 2.29. The molecule has 0 aromatic carbocycles. The first-order valence-electron chi connectivity index (χ1n) is 11.8. The number of carbonyl (C=O) groups excluding carboxylic acids is 2. The summed E-state index contributed by atoms with van der Waals surface area (Å²) in [4.78, 5) is 35.8. The smallest absolute Gasteiger partial charge is 0.410 e. The minimum atomic E-state index is -0.481. The molecule has 33 heavy (non-hydrogen) atoms. The molecule has 0 unspecified atom stereocenters. The summed E-state index contributed by atoms with van der Waals surface area (Å²) in [6.45, 7) is 10.9. The fourth-order valence-electron chi connectivity index (χ4n) is 4.50. The van der Waals surface area contributed by atoms with Crippen molar-refractivity contribution in [3.8, 4) is 0 Å². The van der Waals surface area contributed by atoms with Gasteiger partial charge in [-0.3, -0.25) is 9.69 Å². The van der Waals surface area contributed by atoms with Gasteiger partial charge in [0.1, 0.15) is 11.2 Å². The molecule has 2 aromatic rings. The number of hydrogen-bond donors (Lipinski definition) is 0. The zero-order valence-electron chi connectivity index (χ0n) is 19.8. The van der Waals surface area contributed by atoms with E-state index in [0.717, 1.165) is 56.9 Å². The van der Waals surface area contributed by atoms with Crippen LogP contribution in [0.1, 0.15) is 45.7 Å². The molecule has 180 valence electrons. The number of imidazole rings is 1. The second kappa shape index (κ2) is 9.89. The van der Waals surface area contributed by atoms with E-state index < -0.39 is 5.60 Å². The van der Waals surface area contributed by atoms with Crippen LogP contribution in [0.15, 0.2) is 24.5 Å². The maximum atomic E-state index is 12.9. The van der Waals surface area contributed by atoms with E-state index in [1.54, 1.807) is 4.90 Å². The van der Waals surface area contributed by atoms with E-state index in [4.69, 9.17) is 16.3 Å². The third-order valence-corrected chi connectivity index (χ3v) is 6.53. The molecule has 0 atom stereocenters. The van der Waals surface area contributed by atoms with Gasteiger partial charge in [0.05, 0.1) is 10.7 Å². The van der Waals surface area contributed by atoms with E-state index in [0.29, 0.717) is 30.5 Å². The van der Waals surface area contributed by atoms with Gasteiger partial charge in [-0.15, -0.1) is 0 Å². The van der Waals surface area contributed by atoms with Gasteiger partial charge in [0.2, 0.25) is 5.91 Å². The number of ether oxygens (including phenoxy) is 1.